The molecular weight excluding hydrogens is 917 g/mol. The lowest BCUT2D eigenvalue weighted by Gasteiger charge is -2.39. The standard InChI is InChI=1S/C50H60N2O18/c1-7-21-35(67-43(57)29-19-27-41(53)54)49(3,47(61)63-5)37-23-15-11-9-13-17-26-40-52-34(32-66-40)46(60)70-38(24-16-12-10-14-18-25-39-51-33(31-65-39)45(59)69-37)50(4,48(62)64-6)36(22-8-2)68-44(58)30-20-28-42(55)56/h7-18,21-22,25-26,31-32,35-38,45,59H,19-20,23-24,27-30H2,1-6H3,(H,53,54)(H,55,56)/b13-9+,14-10+,15-11-,16-12-,21-7+,22-8+,25-18+,26-17+. The molecule has 4 bridgehead atoms. The number of hydrogen-bond acceptors (Lipinski definition) is 18. The second-order valence-electron chi connectivity index (χ2n) is 15.8. The van der Waals surface area contributed by atoms with E-state index in [1.54, 1.807) is 74.6 Å². The molecule has 7 atom stereocenters. The first-order valence-electron chi connectivity index (χ1n) is 22.1. The Kier molecular flexibility index (Phi) is 23.4. The highest BCUT2D eigenvalue weighted by molar-refractivity contribution is 5.88. The van der Waals surface area contributed by atoms with Gasteiger partial charge in [-0.2, -0.15) is 0 Å². The highest BCUT2D eigenvalue weighted by Gasteiger charge is 2.53. The molecule has 0 spiro atoms. The third kappa shape index (κ3) is 17.0. The molecule has 2 aromatic rings. The van der Waals surface area contributed by atoms with Crippen LogP contribution in [0, 0.1) is 10.8 Å². The largest absolute Gasteiger partial charge is 0.481 e. The van der Waals surface area contributed by atoms with E-state index in [1.165, 1.54) is 50.3 Å². The first kappa shape index (κ1) is 56.9. The number of aliphatic hydroxyl groups is 1. The lowest BCUT2D eigenvalue weighted by atomic mass is 9.76. The van der Waals surface area contributed by atoms with E-state index in [0.29, 0.717) is 0 Å². The summed E-state index contributed by atoms with van der Waals surface area (Å²) >= 11 is 0. The van der Waals surface area contributed by atoms with Gasteiger partial charge in [0.1, 0.15) is 47.4 Å². The molecule has 7 unspecified atom stereocenters. The molecule has 0 saturated heterocycles. The van der Waals surface area contributed by atoms with Crippen molar-refractivity contribution in [1.82, 2.24) is 9.97 Å². The topological polar surface area (TPSA) is 288 Å². The first-order chi connectivity index (χ1) is 33.4. The number of rotatable bonds is 18. The molecule has 1 aliphatic heterocycles. The molecule has 1 aliphatic rings. The number of aliphatic hydroxyl groups excluding tert-OH is 1. The van der Waals surface area contributed by atoms with E-state index >= 15 is 0 Å². The van der Waals surface area contributed by atoms with E-state index in [0.717, 1.165) is 26.7 Å². The number of hydrogen-bond donors (Lipinski definition) is 3. The summed E-state index contributed by atoms with van der Waals surface area (Å²) in [5.74, 6) is -6.45. The number of fused-ring (bicyclic) bond motifs is 4. The van der Waals surface area contributed by atoms with E-state index in [4.69, 9.17) is 47.5 Å². The maximum Gasteiger partial charge on any atom is 0.360 e. The van der Waals surface area contributed by atoms with Crippen molar-refractivity contribution in [3.8, 4) is 0 Å². The number of carbonyl (C=O) groups is 7. The Labute approximate surface area is 404 Å². The minimum absolute atomic E-state index is 0.00527. The summed E-state index contributed by atoms with van der Waals surface area (Å²) < 4.78 is 44.9. The number of esters is 5. The van der Waals surface area contributed by atoms with Crippen LogP contribution >= 0.6 is 0 Å². The minimum atomic E-state index is -1.86. The Bertz CT molecular complexity index is 2350. The van der Waals surface area contributed by atoms with E-state index in [9.17, 15) is 38.7 Å². The second-order valence-corrected chi connectivity index (χ2v) is 15.8. The summed E-state index contributed by atoms with van der Waals surface area (Å²) in [7, 11) is 2.27. The van der Waals surface area contributed by atoms with Crippen LogP contribution in [0.4, 0.5) is 0 Å². The Hall–Kier alpha value is -7.45. The number of carboxylic acids is 2. The van der Waals surface area contributed by atoms with Gasteiger partial charge in [0.25, 0.3) is 0 Å². The monoisotopic (exact) mass is 976 g/mol. The number of ether oxygens (including phenoxy) is 6. The molecule has 0 radical (unpaired) electrons. The summed E-state index contributed by atoms with van der Waals surface area (Å²) in [6, 6.07) is 0. The van der Waals surface area contributed by atoms with E-state index < -0.39 is 83.3 Å². The number of aromatic nitrogens is 2. The van der Waals surface area contributed by atoms with E-state index in [-0.39, 0.29) is 74.5 Å². The molecule has 378 valence electrons. The van der Waals surface area contributed by atoms with Gasteiger partial charge in [-0.3, -0.25) is 28.8 Å². The van der Waals surface area contributed by atoms with Gasteiger partial charge >= 0.3 is 41.8 Å². The summed E-state index contributed by atoms with van der Waals surface area (Å²) in [5.41, 5.74) is -4.00. The smallest absolute Gasteiger partial charge is 0.360 e. The number of carbonyl (C=O) groups excluding carboxylic acids is 5. The lowest BCUT2D eigenvalue weighted by Crippen LogP contribution is -2.52. The van der Waals surface area contributed by atoms with Crippen molar-refractivity contribution in [3.63, 3.8) is 0 Å². The Morgan fingerprint density at radius 3 is 1.63 bits per heavy atom. The summed E-state index contributed by atoms with van der Waals surface area (Å²) in [4.78, 5) is 97.6. The van der Waals surface area contributed by atoms with Crippen LogP contribution in [-0.4, -0.2) is 106 Å². The first-order valence-corrected chi connectivity index (χ1v) is 22.1. The van der Waals surface area contributed by atoms with Gasteiger partial charge < -0.3 is 52.6 Å². The number of carboxylic acid groups (broad SMARTS) is 2. The molecule has 0 amide bonds. The van der Waals surface area contributed by atoms with Crippen LogP contribution in [0.3, 0.4) is 0 Å². The molecule has 0 saturated carbocycles. The quantitative estimate of drug-likeness (QED) is 0.0759. The number of nitrogens with zero attached hydrogens (tertiary/aromatic N) is 2. The van der Waals surface area contributed by atoms with Crippen molar-refractivity contribution in [2.45, 2.75) is 110 Å². The van der Waals surface area contributed by atoms with Crippen molar-refractivity contribution >= 4 is 53.9 Å². The van der Waals surface area contributed by atoms with Crippen LogP contribution in [-0.2, 0) is 57.2 Å². The number of methoxy groups -OCH3 is 2. The molecule has 0 aliphatic carbocycles. The zero-order chi connectivity index (χ0) is 51.7. The fourth-order valence-corrected chi connectivity index (χ4v) is 6.86. The van der Waals surface area contributed by atoms with Crippen LogP contribution < -0.4 is 0 Å². The third-order valence-electron chi connectivity index (χ3n) is 10.7. The average molecular weight is 977 g/mol. The number of aliphatic carboxylic acids is 2. The van der Waals surface area contributed by atoms with Gasteiger partial charge in [0.05, 0.1) is 20.3 Å². The molecule has 0 fully saturated rings. The number of allylic oxidation sites excluding steroid dienone is 10. The van der Waals surface area contributed by atoms with Crippen LogP contribution in [0.15, 0.2) is 106 Å². The number of cyclic esters (lactones) is 1. The molecular formula is C50H60N2O18. The van der Waals surface area contributed by atoms with Crippen molar-refractivity contribution in [1.29, 1.82) is 0 Å². The van der Waals surface area contributed by atoms with E-state index in [2.05, 4.69) is 9.97 Å². The lowest BCUT2D eigenvalue weighted by molar-refractivity contribution is -0.207. The highest BCUT2D eigenvalue weighted by Crippen LogP contribution is 2.39. The predicted octanol–water partition coefficient (Wildman–Crippen LogP) is 7.15. The van der Waals surface area contributed by atoms with Gasteiger partial charge in [-0.1, -0.05) is 72.9 Å². The normalized spacial score (nSPS) is 22.4. The Balaban J connectivity index is 2.06. The van der Waals surface area contributed by atoms with Gasteiger partial charge in [-0.05, 0) is 59.1 Å². The molecule has 3 rings (SSSR count). The molecule has 20 nitrogen and oxygen atoms in total. The molecule has 2 aromatic heterocycles. The van der Waals surface area contributed by atoms with Crippen molar-refractivity contribution < 1.29 is 86.1 Å². The van der Waals surface area contributed by atoms with Crippen molar-refractivity contribution in [3.05, 3.63) is 121 Å². The van der Waals surface area contributed by atoms with Crippen LogP contribution in [0.1, 0.15) is 113 Å². The highest BCUT2D eigenvalue weighted by atomic mass is 16.6. The zero-order valence-corrected chi connectivity index (χ0v) is 39.8. The fourth-order valence-electron chi connectivity index (χ4n) is 6.86. The van der Waals surface area contributed by atoms with Gasteiger partial charge in [0.2, 0.25) is 18.1 Å². The average Bonchev–Trinajstić information content (AvgIpc) is 4.01. The van der Waals surface area contributed by atoms with Crippen molar-refractivity contribution in [2.24, 2.45) is 10.8 Å². The Morgan fingerprint density at radius 2 is 1.14 bits per heavy atom. The zero-order valence-electron chi connectivity index (χ0n) is 39.8. The van der Waals surface area contributed by atoms with Gasteiger partial charge in [0, 0.05) is 44.3 Å². The molecule has 0 aromatic carbocycles. The maximum absolute atomic E-state index is 13.7. The Morgan fingerprint density at radius 1 is 0.686 bits per heavy atom. The number of oxazole rings is 2. The third-order valence-corrected chi connectivity index (χ3v) is 10.7. The van der Waals surface area contributed by atoms with Gasteiger partial charge in [-0.25, -0.2) is 14.8 Å². The molecule has 3 N–H and O–H groups in total. The molecule has 20 heteroatoms. The second kappa shape index (κ2) is 28.8. The van der Waals surface area contributed by atoms with Crippen LogP contribution in [0.25, 0.3) is 12.2 Å². The van der Waals surface area contributed by atoms with Crippen LogP contribution in [0.5, 0.6) is 0 Å². The van der Waals surface area contributed by atoms with E-state index in [1.807, 2.05) is 0 Å². The summed E-state index contributed by atoms with van der Waals surface area (Å²) in [6.45, 7) is 6.12. The van der Waals surface area contributed by atoms with Gasteiger partial charge in [0.15, 0.2) is 5.69 Å². The maximum atomic E-state index is 13.7. The fraction of sp³-hybridized carbons (Fsp3) is 0.420. The minimum Gasteiger partial charge on any atom is -0.481 e. The summed E-state index contributed by atoms with van der Waals surface area (Å²) in [5, 5.41) is 29.5. The SMILES string of the molecule is C/C=C/C(OC(=O)CCCC(=O)O)C(C)(C(=O)OC)C1C\C=C/C=C/C=C/c2nc(co2)C(O)OC(C(C)(C(=O)OC)C(/C=C/C)OC(=O)CCCC(=O)O)C\C=C/C=C/C=C/c2nc(co2)C(=O)O1. The summed E-state index contributed by atoms with van der Waals surface area (Å²) in [6.07, 6.45) is 18.6. The van der Waals surface area contributed by atoms with Gasteiger partial charge in [-0.15, -0.1) is 0 Å². The van der Waals surface area contributed by atoms with Crippen molar-refractivity contribution in [2.75, 3.05) is 14.2 Å². The molecule has 3 heterocycles. The predicted molar refractivity (Wildman–Crippen MR) is 249 cm³/mol. The van der Waals surface area contributed by atoms with Crippen LogP contribution in [0.2, 0.25) is 0 Å². The molecule has 70 heavy (non-hydrogen) atoms.